The van der Waals surface area contributed by atoms with Crippen LogP contribution >= 0.6 is 0 Å². The number of hydrogen-bond acceptors (Lipinski definition) is 3. The molecule has 1 amide bonds. The van der Waals surface area contributed by atoms with Crippen molar-refractivity contribution < 1.29 is 4.79 Å². The Morgan fingerprint density at radius 1 is 1.04 bits per heavy atom. The summed E-state index contributed by atoms with van der Waals surface area (Å²) in [5, 5.41) is 3.23. The molecule has 24 heavy (non-hydrogen) atoms. The zero-order valence-corrected chi connectivity index (χ0v) is 14.9. The van der Waals surface area contributed by atoms with Crippen LogP contribution in [0.4, 0.5) is 0 Å². The van der Waals surface area contributed by atoms with E-state index in [0.717, 1.165) is 39.0 Å². The fourth-order valence-electron chi connectivity index (χ4n) is 3.85. The lowest BCUT2D eigenvalue weighted by molar-refractivity contribution is -0.126. The summed E-state index contributed by atoms with van der Waals surface area (Å²) in [4.78, 5) is 17.3. The van der Waals surface area contributed by atoms with Crippen LogP contribution in [0.15, 0.2) is 30.3 Å². The molecule has 132 valence electrons. The van der Waals surface area contributed by atoms with Crippen LogP contribution < -0.4 is 5.32 Å². The minimum atomic E-state index is 0.211. The van der Waals surface area contributed by atoms with Gasteiger partial charge in [0.1, 0.15) is 0 Å². The maximum absolute atomic E-state index is 12.4. The van der Waals surface area contributed by atoms with Crippen molar-refractivity contribution in [3.05, 3.63) is 35.9 Å². The summed E-state index contributed by atoms with van der Waals surface area (Å²) in [6.45, 7) is 6.26. The molecule has 0 unspecified atom stereocenters. The van der Waals surface area contributed by atoms with E-state index >= 15 is 0 Å². The maximum atomic E-state index is 12.4. The predicted molar refractivity (Wildman–Crippen MR) is 97.7 cm³/mol. The van der Waals surface area contributed by atoms with Crippen LogP contribution in [-0.2, 0) is 11.3 Å². The molecule has 3 rings (SSSR count). The van der Waals surface area contributed by atoms with Gasteiger partial charge < -0.3 is 10.2 Å². The Kier molecular flexibility index (Phi) is 6.27. The SMILES string of the molecule is CN1CCC(CNC(=O)C2CCN(Cc3ccccc3)CC2)CC1. The number of carbonyl (C=O) groups excluding carboxylic acids is 1. The zero-order valence-electron chi connectivity index (χ0n) is 14.9. The average Bonchev–Trinajstić information content (AvgIpc) is 2.62. The Morgan fingerprint density at radius 3 is 2.38 bits per heavy atom. The molecule has 0 spiro atoms. The first-order valence-electron chi connectivity index (χ1n) is 9.43. The normalized spacial score (nSPS) is 21.7. The van der Waals surface area contributed by atoms with Crippen molar-refractivity contribution in [3.63, 3.8) is 0 Å². The van der Waals surface area contributed by atoms with Gasteiger partial charge >= 0.3 is 0 Å². The van der Waals surface area contributed by atoms with Gasteiger partial charge in [-0.2, -0.15) is 0 Å². The minimum absolute atomic E-state index is 0.211. The lowest BCUT2D eigenvalue weighted by Crippen LogP contribution is -2.42. The van der Waals surface area contributed by atoms with Gasteiger partial charge in [-0.15, -0.1) is 0 Å². The van der Waals surface area contributed by atoms with Gasteiger partial charge in [-0.1, -0.05) is 30.3 Å². The van der Waals surface area contributed by atoms with E-state index in [1.54, 1.807) is 0 Å². The first-order chi connectivity index (χ1) is 11.7. The van der Waals surface area contributed by atoms with E-state index in [0.29, 0.717) is 5.92 Å². The number of rotatable bonds is 5. The van der Waals surface area contributed by atoms with Crippen molar-refractivity contribution in [1.82, 2.24) is 15.1 Å². The fourth-order valence-corrected chi connectivity index (χ4v) is 3.85. The molecular weight excluding hydrogens is 298 g/mol. The van der Waals surface area contributed by atoms with Gasteiger partial charge in [0, 0.05) is 19.0 Å². The van der Waals surface area contributed by atoms with Crippen molar-refractivity contribution in [2.45, 2.75) is 32.2 Å². The summed E-state index contributed by atoms with van der Waals surface area (Å²) in [5.41, 5.74) is 1.36. The average molecular weight is 329 g/mol. The predicted octanol–water partition coefficient (Wildman–Crippen LogP) is 2.36. The molecule has 1 N–H and O–H groups in total. The van der Waals surface area contributed by atoms with Crippen molar-refractivity contribution >= 4 is 5.91 Å². The Bertz CT molecular complexity index is 503. The largest absolute Gasteiger partial charge is 0.356 e. The second-order valence-corrected chi connectivity index (χ2v) is 7.53. The third kappa shape index (κ3) is 5.05. The topological polar surface area (TPSA) is 35.6 Å². The van der Waals surface area contributed by atoms with E-state index in [4.69, 9.17) is 0 Å². The third-order valence-electron chi connectivity index (χ3n) is 5.61. The van der Waals surface area contributed by atoms with Crippen LogP contribution in [0.2, 0.25) is 0 Å². The lowest BCUT2D eigenvalue weighted by atomic mass is 9.94. The molecule has 0 atom stereocenters. The van der Waals surface area contributed by atoms with Crippen molar-refractivity contribution in [3.8, 4) is 0 Å². The third-order valence-corrected chi connectivity index (χ3v) is 5.61. The van der Waals surface area contributed by atoms with Crippen LogP contribution in [-0.4, -0.2) is 55.5 Å². The molecule has 0 saturated carbocycles. The molecule has 2 heterocycles. The highest BCUT2D eigenvalue weighted by molar-refractivity contribution is 5.78. The van der Waals surface area contributed by atoms with Gasteiger partial charge in [0.25, 0.3) is 0 Å². The number of likely N-dealkylation sites (tertiary alicyclic amines) is 2. The molecule has 2 aliphatic heterocycles. The summed E-state index contributed by atoms with van der Waals surface area (Å²) in [5.74, 6) is 1.17. The molecule has 2 aliphatic rings. The summed E-state index contributed by atoms with van der Waals surface area (Å²) in [7, 11) is 2.18. The second-order valence-electron chi connectivity index (χ2n) is 7.53. The van der Waals surface area contributed by atoms with Crippen LogP contribution in [0.25, 0.3) is 0 Å². The van der Waals surface area contributed by atoms with Crippen molar-refractivity contribution in [2.24, 2.45) is 11.8 Å². The van der Waals surface area contributed by atoms with Gasteiger partial charge in [-0.3, -0.25) is 9.69 Å². The van der Waals surface area contributed by atoms with E-state index < -0.39 is 0 Å². The highest BCUT2D eigenvalue weighted by Gasteiger charge is 2.25. The van der Waals surface area contributed by atoms with Gasteiger partial charge in [0.2, 0.25) is 5.91 Å². The number of piperidine rings is 2. The van der Waals surface area contributed by atoms with E-state index in [2.05, 4.69) is 52.5 Å². The summed E-state index contributed by atoms with van der Waals surface area (Å²) < 4.78 is 0. The maximum Gasteiger partial charge on any atom is 0.223 e. The van der Waals surface area contributed by atoms with Gasteiger partial charge in [-0.25, -0.2) is 0 Å². The number of nitrogens with one attached hydrogen (secondary N) is 1. The van der Waals surface area contributed by atoms with E-state index in [-0.39, 0.29) is 11.8 Å². The zero-order chi connectivity index (χ0) is 16.8. The number of benzene rings is 1. The van der Waals surface area contributed by atoms with Crippen LogP contribution in [0, 0.1) is 11.8 Å². The highest BCUT2D eigenvalue weighted by atomic mass is 16.1. The Morgan fingerprint density at radius 2 is 1.71 bits per heavy atom. The van der Waals surface area contributed by atoms with E-state index in [1.807, 2.05) is 0 Å². The lowest BCUT2D eigenvalue weighted by Gasteiger charge is -2.32. The molecule has 1 aromatic rings. The molecule has 2 fully saturated rings. The smallest absolute Gasteiger partial charge is 0.223 e. The summed E-state index contributed by atoms with van der Waals surface area (Å²) in [6.07, 6.45) is 4.41. The molecule has 0 aliphatic carbocycles. The summed E-state index contributed by atoms with van der Waals surface area (Å²) in [6, 6.07) is 10.6. The Labute approximate surface area is 146 Å². The molecular formula is C20H31N3O. The summed E-state index contributed by atoms with van der Waals surface area (Å²) >= 11 is 0. The first-order valence-corrected chi connectivity index (χ1v) is 9.43. The fraction of sp³-hybridized carbons (Fsp3) is 0.650. The van der Waals surface area contributed by atoms with Crippen LogP contribution in [0.1, 0.15) is 31.2 Å². The molecule has 0 radical (unpaired) electrons. The molecule has 1 aromatic carbocycles. The van der Waals surface area contributed by atoms with Gasteiger partial charge in [-0.05, 0) is 70.4 Å². The van der Waals surface area contributed by atoms with E-state index in [1.165, 1.54) is 31.5 Å². The number of nitrogens with zero attached hydrogens (tertiary/aromatic N) is 2. The molecule has 4 nitrogen and oxygen atoms in total. The van der Waals surface area contributed by atoms with Crippen molar-refractivity contribution in [1.29, 1.82) is 0 Å². The number of carbonyl (C=O) groups is 1. The Hall–Kier alpha value is -1.39. The van der Waals surface area contributed by atoms with Gasteiger partial charge in [0.05, 0.1) is 0 Å². The monoisotopic (exact) mass is 329 g/mol. The molecule has 4 heteroatoms. The van der Waals surface area contributed by atoms with E-state index in [9.17, 15) is 4.79 Å². The van der Waals surface area contributed by atoms with Crippen molar-refractivity contribution in [2.75, 3.05) is 39.8 Å². The minimum Gasteiger partial charge on any atom is -0.356 e. The quantitative estimate of drug-likeness (QED) is 0.901. The first kappa shape index (κ1) is 17.4. The number of hydrogen-bond donors (Lipinski definition) is 1. The molecule has 0 aromatic heterocycles. The molecule has 0 bridgehead atoms. The molecule has 2 saturated heterocycles. The van der Waals surface area contributed by atoms with Crippen LogP contribution in [0.3, 0.4) is 0 Å². The second kappa shape index (κ2) is 8.63. The van der Waals surface area contributed by atoms with Gasteiger partial charge in [0.15, 0.2) is 0 Å². The van der Waals surface area contributed by atoms with Crippen LogP contribution in [0.5, 0.6) is 0 Å². The standard InChI is InChI=1S/C20H31N3O/c1-22-11-7-17(8-12-22)15-21-20(24)19-9-13-23(14-10-19)16-18-5-3-2-4-6-18/h2-6,17,19H,7-16H2,1H3,(H,21,24). The highest BCUT2D eigenvalue weighted by Crippen LogP contribution is 2.20. The number of amides is 1. The Balaban J connectivity index is 1.36.